The van der Waals surface area contributed by atoms with Gasteiger partial charge < -0.3 is 15.5 Å². The Morgan fingerprint density at radius 1 is 1.52 bits per heavy atom. The van der Waals surface area contributed by atoms with Crippen molar-refractivity contribution in [2.24, 2.45) is 0 Å². The van der Waals surface area contributed by atoms with Gasteiger partial charge in [-0.2, -0.15) is 0 Å². The molecule has 3 N–H and O–H groups in total. The third kappa shape index (κ3) is 4.57. The number of hydrogen-bond acceptors (Lipinski definition) is 5. The summed E-state index contributed by atoms with van der Waals surface area (Å²) >= 11 is 5.92. The van der Waals surface area contributed by atoms with Crippen LogP contribution in [0.4, 0.5) is 11.4 Å². The van der Waals surface area contributed by atoms with E-state index in [4.69, 9.17) is 16.7 Å². The molecule has 7 nitrogen and oxygen atoms in total. The first-order valence-electron chi connectivity index (χ1n) is 6.35. The van der Waals surface area contributed by atoms with Gasteiger partial charge in [0.2, 0.25) is 0 Å². The van der Waals surface area contributed by atoms with Gasteiger partial charge in [0.1, 0.15) is 0 Å². The monoisotopic (exact) mass is 316 g/mol. The van der Waals surface area contributed by atoms with Crippen LogP contribution in [0.5, 0.6) is 0 Å². The topological polar surface area (TPSA) is 113 Å². The summed E-state index contributed by atoms with van der Waals surface area (Å²) in [7, 11) is 0. The van der Waals surface area contributed by atoms with Crippen molar-refractivity contribution in [1.29, 1.82) is 0 Å². The molecule has 1 atom stereocenters. The van der Waals surface area contributed by atoms with Crippen molar-refractivity contribution in [2.75, 3.05) is 11.9 Å². The Morgan fingerprint density at radius 3 is 2.62 bits per heavy atom. The van der Waals surface area contributed by atoms with Gasteiger partial charge in [0.05, 0.1) is 26.8 Å². The summed E-state index contributed by atoms with van der Waals surface area (Å²) < 4.78 is 0. The molecule has 0 aliphatic carbocycles. The maximum Gasteiger partial charge on any atom is 0.338 e. The molecule has 0 aliphatic rings. The molecule has 1 unspecified atom stereocenters. The molecule has 1 rings (SSSR count). The molecule has 0 bridgehead atoms. The number of carboxylic acids is 1. The van der Waals surface area contributed by atoms with E-state index in [2.05, 4.69) is 5.32 Å². The van der Waals surface area contributed by atoms with Crippen molar-refractivity contribution >= 4 is 28.9 Å². The number of nitro groups is 1. The van der Waals surface area contributed by atoms with Gasteiger partial charge in [-0.3, -0.25) is 10.1 Å². The number of halogens is 1. The second-order valence-corrected chi connectivity index (χ2v) is 5.42. The normalized spacial score (nSPS) is 13.5. The number of non-ortho nitro benzene ring substituents is 1. The zero-order chi connectivity index (χ0) is 16.2. The lowest BCUT2D eigenvalue weighted by molar-refractivity contribution is -0.384. The second kappa shape index (κ2) is 6.73. The second-order valence-electron chi connectivity index (χ2n) is 5.01. The van der Waals surface area contributed by atoms with E-state index in [-0.39, 0.29) is 22.8 Å². The van der Waals surface area contributed by atoms with E-state index in [1.807, 2.05) is 6.92 Å². The van der Waals surface area contributed by atoms with E-state index in [0.717, 1.165) is 18.6 Å². The Labute approximate surface area is 126 Å². The number of nitrogens with one attached hydrogen (secondary N) is 1. The molecule has 0 fully saturated rings. The van der Waals surface area contributed by atoms with Crippen LogP contribution in [-0.2, 0) is 0 Å². The smallest absolute Gasteiger partial charge is 0.338 e. The van der Waals surface area contributed by atoms with E-state index >= 15 is 0 Å². The molecule has 0 aromatic heterocycles. The van der Waals surface area contributed by atoms with Gasteiger partial charge in [-0.05, 0) is 13.3 Å². The zero-order valence-electron chi connectivity index (χ0n) is 11.7. The minimum absolute atomic E-state index is 0.0612. The highest BCUT2D eigenvalue weighted by Crippen LogP contribution is 2.32. The van der Waals surface area contributed by atoms with Crippen molar-refractivity contribution in [2.45, 2.75) is 32.3 Å². The first-order chi connectivity index (χ1) is 9.68. The number of nitrogens with zero attached hydrogens (tertiary/aromatic N) is 1. The van der Waals surface area contributed by atoms with Gasteiger partial charge in [-0.25, -0.2) is 4.79 Å². The average molecular weight is 317 g/mol. The van der Waals surface area contributed by atoms with Gasteiger partial charge in [-0.1, -0.05) is 24.9 Å². The fourth-order valence-electron chi connectivity index (χ4n) is 1.95. The number of hydrogen-bond donors (Lipinski definition) is 3. The van der Waals surface area contributed by atoms with Crippen molar-refractivity contribution in [3.63, 3.8) is 0 Å². The van der Waals surface area contributed by atoms with E-state index < -0.39 is 22.2 Å². The molecule has 8 heteroatoms. The Bertz CT molecular complexity index is 560. The third-order valence-electron chi connectivity index (χ3n) is 2.95. The molecule has 0 spiro atoms. The fraction of sp³-hybridized carbons (Fsp3) is 0.462. The lowest BCUT2D eigenvalue weighted by atomic mass is 10.0. The molecule has 21 heavy (non-hydrogen) atoms. The van der Waals surface area contributed by atoms with Crippen LogP contribution in [0.2, 0.25) is 5.02 Å². The number of aliphatic hydroxyl groups is 1. The summed E-state index contributed by atoms with van der Waals surface area (Å²) in [6.07, 6.45) is 1.28. The Balaban J connectivity index is 3.12. The molecule has 0 saturated carbocycles. The van der Waals surface area contributed by atoms with Crippen LogP contribution >= 0.6 is 11.6 Å². The highest BCUT2D eigenvalue weighted by Gasteiger charge is 2.23. The van der Waals surface area contributed by atoms with Crippen LogP contribution in [0, 0.1) is 10.1 Å². The predicted octanol–water partition coefficient (Wildman–Crippen LogP) is 2.91. The SMILES string of the molecule is CCCC(C)(O)CNc1c(Cl)cc([N+](=O)[O-])cc1C(=O)O. The van der Waals surface area contributed by atoms with E-state index in [1.54, 1.807) is 6.92 Å². The van der Waals surface area contributed by atoms with Crippen LogP contribution in [0.1, 0.15) is 37.0 Å². The highest BCUT2D eigenvalue weighted by molar-refractivity contribution is 6.34. The van der Waals surface area contributed by atoms with Crippen LogP contribution in [0.25, 0.3) is 0 Å². The summed E-state index contributed by atoms with van der Waals surface area (Å²) in [6, 6.07) is 2.01. The number of carboxylic acid groups (broad SMARTS) is 1. The van der Waals surface area contributed by atoms with Crippen LogP contribution in [-0.4, -0.2) is 33.3 Å². The van der Waals surface area contributed by atoms with Crippen LogP contribution in [0.3, 0.4) is 0 Å². The molecule has 0 heterocycles. The van der Waals surface area contributed by atoms with E-state index in [0.29, 0.717) is 6.42 Å². The van der Waals surface area contributed by atoms with Gasteiger partial charge in [-0.15, -0.1) is 0 Å². The fourth-order valence-corrected chi connectivity index (χ4v) is 2.23. The van der Waals surface area contributed by atoms with Gasteiger partial charge in [0.25, 0.3) is 5.69 Å². The number of anilines is 1. The average Bonchev–Trinajstić information content (AvgIpc) is 2.35. The molecule has 0 aliphatic heterocycles. The predicted molar refractivity (Wildman–Crippen MR) is 79.1 cm³/mol. The number of benzene rings is 1. The van der Waals surface area contributed by atoms with Crippen molar-refractivity contribution in [1.82, 2.24) is 0 Å². The summed E-state index contributed by atoms with van der Waals surface area (Å²) in [5, 5.41) is 32.7. The van der Waals surface area contributed by atoms with Gasteiger partial charge in [0.15, 0.2) is 0 Å². The number of carbonyl (C=O) groups is 1. The molecule has 0 saturated heterocycles. The number of nitro benzene ring substituents is 1. The van der Waals surface area contributed by atoms with Crippen LogP contribution < -0.4 is 5.32 Å². The summed E-state index contributed by atoms with van der Waals surface area (Å²) in [4.78, 5) is 21.2. The largest absolute Gasteiger partial charge is 0.478 e. The molecule has 1 aromatic carbocycles. The molecular formula is C13H17ClN2O5. The lowest BCUT2D eigenvalue weighted by Crippen LogP contribution is -2.33. The third-order valence-corrected chi connectivity index (χ3v) is 3.25. The molecule has 1 aromatic rings. The lowest BCUT2D eigenvalue weighted by Gasteiger charge is -2.24. The van der Waals surface area contributed by atoms with E-state index in [9.17, 15) is 20.0 Å². The van der Waals surface area contributed by atoms with Crippen molar-refractivity contribution < 1.29 is 19.9 Å². The molecule has 0 radical (unpaired) electrons. The minimum Gasteiger partial charge on any atom is -0.478 e. The highest BCUT2D eigenvalue weighted by atomic mass is 35.5. The quantitative estimate of drug-likeness (QED) is 0.526. The molecular weight excluding hydrogens is 300 g/mol. The van der Waals surface area contributed by atoms with Crippen LogP contribution in [0.15, 0.2) is 12.1 Å². The first kappa shape index (κ1) is 17.2. The Morgan fingerprint density at radius 2 is 2.14 bits per heavy atom. The van der Waals surface area contributed by atoms with E-state index in [1.165, 1.54) is 0 Å². The number of rotatable bonds is 7. The van der Waals surface area contributed by atoms with Crippen molar-refractivity contribution in [3.8, 4) is 0 Å². The maximum atomic E-state index is 11.2. The summed E-state index contributed by atoms with van der Waals surface area (Å²) in [5.41, 5.74) is -1.67. The standard InChI is InChI=1S/C13H17ClN2O5/c1-3-4-13(2,19)7-15-11-9(12(17)18)5-8(16(20)21)6-10(11)14/h5-6,15,19H,3-4,7H2,1-2H3,(H,17,18). The summed E-state index contributed by atoms with van der Waals surface area (Å²) in [5.74, 6) is -1.33. The summed E-state index contributed by atoms with van der Waals surface area (Å²) in [6.45, 7) is 3.61. The molecule has 0 amide bonds. The van der Waals surface area contributed by atoms with Gasteiger partial charge in [0, 0.05) is 18.7 Å². The minimum atomic E-state index is -1.33. The maximum absolute atomic E-state index is 11.2. The number of aromatic carboxylic acids is 1. The zero-order valence-corrected chi connectivity index (χ0v) is 12.5. The molecule has 116 valence electrons. The van der Waals surface area contributed by atoms with Gasteiger partial charge >= 0.3 is 5.97 Å². The Hall–Kier alpha value is -1.86. The first-order valence-corrected chi connectivity index (χ1v) is 6.73. The van der Waals surface area contributed by atoms with Crippen molar-refractivity contribution in [3.05, 3.63) is 32.8 Å². The Kier molecular flexibility index (Phi) is 5.51.